The Morgan fingerprint density at radius 3 is 2.76 bits per heavy atom. The quantitative estimate of drug-likeness (QED) is 0.670. The molecule has 130 valence electrons. The fourth-order valence-corrected chi connectivity index (χ4v) is 2.65. The Kier molecular flexibility index (Phi) is 5.23. The van der Waals surface area contributed by atoms with Crippen LogP contribution >= 0.6 is 0 Å². The van der Waals surface area contributed by atoms with Crippen LogP contribution in [0.15, 0.2) is 53.1 Å². The third-order valence-electron chi connectivity index (χ3n) is 3.91. The average Bonchev–Trinajstić information content (AvgIpc) is 3.00. The first-order chi connectivity index (χ1) is 12.2. The van der Waals surface area contributed by atoms with E-state index in [1.54, 1.807) is 13.4 Å². The Morgan fingerprint density at radius 2 is 1.96 bits per heavy atom. The van der Waals surface area contributed by atoms with Crippen molar-refractivity contribution in [1.29, 1.82) is 0 Å². The molecular weight excluding hydrogens is 318 g/mol. The molecule has 0 saturated heterocycles. The number of methoxy groups -OCH3 is 1. The highest BCUT2D eigenvalue weighted by Crippen LogP contribution is 2.25. The number of benzene rings is 2. The highest BCUT2D eigenvalue weighted by Gasteiger charge is 2.10. The van der Waals surface area contributed by atoms with Crippen LogP contribution in [0.4, 0.5) is 0 Å². The van der Waals surface area contributed by atoms with Gasteiger partial charge in [-0.2, -0.15) is 0 Å². The molecule has 0 radical (unpaired) electrons. The topological polar surface area (TPSA) is 60.7 Å². The second-order valence-electron chi connectivity index (χ2n) is 5.79. The van der Waals surface area contributed by atoms with Gasteiger partial charge in [-0.05, 0) is 30.7 Å². The molecule has 25 heavy (non-hydrogen) atoms. The van der Waals surface area contributed by atoms with Crippen LogP contribution < -0.4 is 14.8 Å². The molecule has 3 rings (SSSR count). The summed E-state index contributed by atoms with van der Waals surface area (Å²) in [6.45, 7) is 2.80. The fourth-order valence-electron chi connectivity index (χ4n) is 2.65. The Labute approximate surface area is 146 Å². The molecule has 0 fully saturated rings. The third kappa shape index (κ3) is 4.12. The molecule has 0 saturated carbocycles. The predicted molar refractivity (Wildman–Crippen MR) is 96.2 cm³/mol. The second kappa shape index (κ2) is 7.75. The minimum absolute atomic E-state index is 0.0631. The van der Waals surface area contributed by atoms with Gasteiger partial charge in [-0.1, -0.05) is 24.3 Å². The maximum atomic E-state index is 12.1. The summed E-state index contributed by atoms with van der Waals surface area (Å²) in [5.41, 5.74) is 2.83. The summed E-state index contributed by atoms with van der Waals surface area (Å²) in [6.07, 6.45) is 1.93. The van der Waals surface area contributed by atoms with Crippen molar-refractivity contribution < 1.29 is 18.7 Å². The number of fused-ring (bicyclic) bond motifs is 1. The Balaban J connectivity index is 1.49. The molecule has 0 aliphatic rings. The molecule has 5 nitrogen and oxygen atoms in total. The molecular formula is C20H21NO4. The van der Waals surface area contributed by atoms with Crippen molar-refractivity contribution in [3.63, 3.8) is 0 Å². The number of para-hydroxylation sites is 2. The predicted octanol–water partition coefficient (Wildman–Crippen LogP) is 3.49. The van der Waals surface area contributed by atoms with E-state index in [1.165, 1.54) is 0 Å². The lowest BCUT2D eigenvalue weighted by Gasteiger charge is -2.10. The average molecular weight is 339 g/mol. The van der Waals surface area contributed by atoms with Crippen LogP contribution in [0.5, 0.6) is 11.5 Å². The molecule has 0 aliphatic carbocycles. The highest BCUT2D eigenvalue weighted by atomic mass is 16.5. The van der Waals surface area contributed by atoms with Crippen LogP contribution in [0.25, 0.3) is 11.0 Å². The first-order valence-electron chi connectivity index (χ1n) is 8.16. The SMILES string of the molecule is COc1ccccc1OCCNC(=O)Cc1coc2cc(C)ccc12. The zero-order valence-corrected chi connectivity index (χ0v) is 14.4. The van der Waals surface area contributed by atoms with Gasteiger partial charge in [0.25, 0.3) is 0 Å². The fraction of sp³-hybridized carbons (Fsp3) is 0.250. The Bertz CT molecular complexity index is 869. The first kappa shape index (κ1) is 16.9. The van der Waals surface area contributed by atoms with Gasteiger partial charge < -0.3 is 19.2 Å². The smallest absolute Gasteiger partial charge is 0.224 e. The number of carbonyl (C=O) groups is 1. The molecule has 0 aliphatic heterocycles. The van der Waals surface area contributed by atoms with Gasteiger partial charge in [0.2, 0.25) is 5.91 Å². The van der Waals surface area contributed by atoms with Crippen LogP contribution in [0.2, 0.25) is 0 Å². The Hall–Kier alpha value is -2.95. The minimum Gasteiger partial charge on any atom is -0.493 e. The molecule has 0 bridgehead atoms. The van der Waals surface area contributed by atoms with E-state index in [-0.39, 0.29) is 12.3 Å². The summed E-state index contributed by atoms with van der Waals surface area (Å²) in [5, 5.41) is 3.84. The lowest BCUT2D eigenvalue weighted by Crippen LogP contribution is -2.29. The van der Waals surface area contributed by atoms with Gasteiger partial charge >= 0.3 is 0 Å². The largest absolute Gasteiger partial charge is 0.493 e. The summed E-state index contributed by atoms with van der Waals surface area (Å²) in [5.74, 6) is 1.27. The molecule has 2 aromatic carbocycles. The van der Waals surface area contributed by atoms with E-state index in [0.29, 0.717) is 24.7 Å². The van der Waals surface area contributed by atoms with E-state index in [9.17, 15) is 4.79 Å². The number of carbonyl (C=O) groups excluding carboxylic acids is 1. The van der Waals surface area contributed by atoms with Gasteiger partial charge in [0.05, 0.1) is 26.3 Å². The van der Waals surface area contributed by atoms with Gasteiger partial charge in [0.1, 0.15) is 12.2 Å². The van der Waals surface area contributed by atoms with Crippen molar-refractivity contribution in [3.8, 4) is 11.5 Å². The number of rotatable bonds is 7. The summed E-state index contributed by atoms with van der Waals surface area (Å²) in [7, 11) is 1.60. The van der Waals surface area contributed by atoms with Crippen molar-refractivity contribution in [1.82, 2.24) is 5.32 Å². The van der Waals surface area contributed by atoms with Crippen molar-refractivity contribution in [2.45, 2.75) is 13.3 Å². The molecule has 1 N–H and O–H groups in total. The molecule has 0 unspecified atom stereocenters. The third-order valence-corrected chi connectivity index (χ3v) is 3.91. The second-order valence-corrected chi connectivity index (χ2v) is 5.79. The monoisotopic (exact) mass is 339 g/mol. The standard InChI is InChI=1S/C20H21NO4/c1-14-7-8-16-15(13-25-19(16)11-14)12-20(22)21-9-10-24-18-6-4-3-5-17(18)23-2/h3-8,11,13H,9-10,12H2,1-2H3,(H,21,22). The van der Waals surface area contributed by atoms with Crippen LogP contribution in [0.3, 0.4) is 0 Å². The van der Waals surface area contributed by atoms with Crippen LogP contribution in [0.1, 0.15) is 11.1 Å². The Morgan fingerprint density at radius 1 is 1.16 bits per heavy atom. The van der Waals surface area contributed by atoms with E-state index in [1.807, 2.05) is 49.4 Å². The van der Waals surface area contributed by atoms with Crippen molar-refractivity contribution in [2.24, 2.45) is 0 Å². The molecule has 0 spiro atoms. The number of hydrogen-bond donors (Lipinski definition) is 1. The molecule has 3 aromatic rings. The van der Waals surface area contributed by atoms with E-state index in [0.717, 1.165) is 22.1 Å². The lowest BCUT2D eigenvalue weighted by molar-refractivity contribution is -0.120. The number of hydrogen-bond acceptors (Lipinski definition) is 4. The molecule has 1 aromatic heterocycles. The number of nitrogens with one attached hydrogen (secondary N) is 1. The van der Waals surface area contributed by atoms with E-state index in [2.05, 4.69) is 5.32 Å². The van der Waals surface area contributed by atoms with Crippen molar-refractivity contribution >= 4 is 16.9 Å². The molecule has 1 amide bonds. The van der Waals surface area contributed by atoms with Gasteiger partial charge in [-0.15, -0.1) is 0 Å². The number of furan rings is 1. The van der Waals surface area contributed by atoms with Gasteiger partial charge in [-0.3, -0.25) is 4.79 Å². The van der Waals surface area contributed by atoms with Crippen LogP contribution in [-0.4, -0.2) is 26.2 Å². The van der Waals surface area contributed by atoms with E-state index < -0.39 is 0 Å². The zero-order chi connectivity index (χ0) is 17.6. The van der Waals surface area contributed by atoms with Gasteiger partial charge in [0.15, 0.2) is 11.5 Å². The molecule has 1 heterocycles. The normalized spacial score (nSPS) is 10.6. The van der Waals surface area contributed by atoms with Gasteiger partial charge in [-0.25, -0.2) is 0 Å². The number of ether oxygens (including phenoxy) is 2. The molecule has 5 heteroatoms. The van der Waals surface area contributed by atoms with Crippen molar-refractivity contribution in [2.75, 3.05) is 20.3 Å². The van der Waals surface area contributed by atoms with Gasteiger partial charge in [0, 0.05) is 10.9 Å². The van der Waals surface area contributed by atoms with Crippen LogP contribution in [-0.2, 0) is 11.2 Å². The summed E-state index contributed by atoms with van der Waals surface area (Å²) >= 11 is 0. The maximum absolute atomic E-state index is 12.1. The maximum Gasteiger partial charge on any atom is 0.224 e. The lowest BCUT2D eigenvalue weighted by atomic mass is 10.1. The summed E-state index contributed by atoms with van der Waals surface area (Å²) < 4.78 is 16.4. The van der Waals surface area contributed by atoms with E-state index >= 15 is 0 Å². The minimum atomic E-state index is -0.0631. The van der Waals surface area contributed by atoms with Crippen molar-refractivity contribution in [3.05, 3.63) is 59.9 Å². The van der Waals surface area contributed by atoms with E-state index in [4.69, 9.17) is 13.9 Å². The molecule has 0 atom stereocenters. The summed E-state index contributed by atoms with van der Waals surface area (Å²) in [4.78, 5) is 12.1. The first-order valence-corrected chi connectivity index (χ1v) is 8.16. The summed E-state index contributed by atoms with van der Waals surface area (Å²) in [6, 6.07) is 13.4. The number of amides is 1. The number of aryl methyl sites for hydroxylation is 1. The van der Waals surface area contributed by atoms with Crippen LogP contribution in [0, 0.1) is 6.92 Å². The highest BCUT2D eigenvalue weighted by molar-refractivity contribution is 5.87. The zero-order valence-electron chi connectivity index (χ0n) is 14.4.